The van der Waals surface area contributed by atoms with Crippen molar-refractivity contribution < 1.29 is 27.2 Å². The second-order valence-electron chi connectivity index (χ2n) is 6.35. The van der Waals surface area contributed by atoms with E-state index in [1.165, 1.54) is 0 Å². The maximum Gasteiger partial charge on any atom is 0.406 e. The van der Waals surface area contributed by atoms with Gasteiger partial charge in [-0.2, -0.15) is 13.2 Å². The third kappa shape index (κ3) is 4.72. The van der Waals surface area contributed by atoms with E-state index in [0.717, 1.165) is 10.5 Å². The van der Waals surface area contributed by atoms with Gasteiger partial charge in [0.05, 0.1) is 18.3 Å². The molecule has 0 bridgehead atoms. The highest BCUT2D eigenvalue weighted by Crippen LogP contribution is 2.28. The summed E-state index contributed by atoms with van der Waals surface area (Å²) in [5, 5.41) is 3.84. The molecule has 2 heterocycles. The molecule has 24 heavy (non-hydrogen) atoms. The largest absolute Gasteiger partial charge is 0.406 e. The van der Waals surface area contributed by atoms with Gasteiger partial charge in [0.1, 0.15) is 12.3 Å². The molecule has 136 valence electrons. The van der Waals surface area contributed by atoms with E-state index in [1.54, 1.807) is 20.8 Å². The van der Waals surface area contributed by atoms with Crippen molar-refractivity contribution in [3.8, 4) is 0 Å². The van der Waals surface area contributed by atoms with Crippen molar-refractivity contribution in [3.63, 3.8) is 0 Å². The Morgan fingerprint density at radius 3 is 2.62 bits per heavy atom. The molecule has 1 aromatic rings. The highest BCUT2D eigenvalue weighted by atomic mass is 19.4. The van der Waals surface area contributed by atoms with Crippen molar-refractivity contribution in [2.45, 2.75) is 58.2 Å². The Bertz CT molecular complexity index is 546. The molecule has 2 rings (SSSR count). The van der Waals surface area contributed by atoms with Gasteiger partial charge in [-0.15, -0.1) is 0 Å². The van der Waals surface area contributed by atoms with Crippen molar-refractivity contribution in [2.24, 2.45) is 0 Å². The van der Waals surface area contributed by atoms with Gasteiger partial charge in [0, 0.05) is 18.6 Å². The first-order valence-corrected chi connectivity index (χ1v) is 8.05. The predicted molar refractivity (Wildman–Crippen MR) is 80.6 cm³/mol. The molecule has 0 saturated carbocycles. The van der Waals surface area contributed by atoms with Crippen LogP contribution >= 0.6 is 0 Å². The van der Waals surface area contributed by atoms with Crippen molar-refractivity contribution >= 4 is 5.91 Å². The van der Waals surface area contributed by atoms with Crippen LogP contribution in [0.5, 0.6) is 0 Å². The molecular formula is C16H23F3N2O3. The van der Waals surface area contributed by atoms with Crippen LogP contribution in [-0.4, -0.2) is 47.9 Å². The summed E-state index contributed by atoms with van der Waals surface area (Å²) in [5.41, 5.74) is 1.45. The van der Waals surface area contributed by atoms with E-state index in [9.17, 15) is 18.0 Å². The number of nitrogens with zero attached hydrogens (tertiary/aromatic N) is 2. The molecule has 0 aliphatic carbocycles. The van der Waals surface area contributed by atoms with Crippen LogP contribution in [0.4, 0.5) is 13.2 Å². The van der Waals surface area contributed by atoms with Crippen LogP contribution in [0.25, 0.3) is 0 Å². The minimum absolute atomic E-state index is 0.0184. The minimum Gasteiger partial charge on any atom is -0.379 e. The van der Waals surface area contributed by atoms with Crippen LogP contribution < -0.4 is 0 Å². The molecule has 1 aliphatic heterocycles. The Balaban J connectivity index is 2.11. The van der Waals surface area contributed by atoms with Gasteiger partial charge in [0.15, 0.2) is 0 Å². The number of halogens is 3. The number of amides is 1. The van der Waals surface area contributed by atoms with Crippen molar-refractivity contribution in [2.75, 3.05) is 19.8 Å². The summed E-state index contributed by atoms with van der Waals surface area (Å²) in [7, 11) is 0. The molecule has 0 aromatic carbocycles. The molecule has 5 nitrogen and oxygen atoms in total. The zero-order valence-corrected chi connectivity index (χ0v) is 14.2. The highest BCUT2D eigenvalue weighted by molar-refractivity contribution is 5.77. The molecule has 0 radical (unpaired) electrons. The maximum absolute atomic E-state index is 12.9. The lowest BCUT2D eigenvalue weighted by Crippen LogP contribution is -2.49. The summed E-state index contributed by atoms with van der Waals surface area (Å²) in [4.78, 5) is 13.5. The first-order valence-electron chi connectivity index (χ1n) is 8.05. The predicted octanol–water partition coefficient (Wildman–Crippen LogP) is 3.35. The van der Waals surface area contributed by atoms with Crippen LogP contribution in [0.2, 0.25) is 0 Å². The topological polar surface area (TPSA) is 55.6 Å². The summed E-state index contributed by atoms with van der Waals surface area (Å²) in [6.45, 7) is 4.73. The van der Waals surface area contributed by atoms with E-state index < -0.39 is 24.7 Å². The Morgan fingerprint density at radius 1 is 1.42 bits per heavy atom. The SMILES string of the molecule is Cc1noc(C)c1[C@H](C)CC(=O)N(CC(F)(F)F)[C@@H]1CCCOC1. The molecule has 0 spiro atoms. The summed E-state index contributed by atoms with van der Waals surface area (Å²) < 4.78 is 49.0. The molecule has 1 aromatic heterocycles. The standard InChI is InChI=1S/C16H23F3N2O3/c1-10(15-11(2)20-24-12(15)3)7-14(22)21(9-16(17,18)19)13-5-4-6-23-8-13/h10,13H,4-9H2,1-3H3/t10-,13-/m1/s1. The lowest BCUT2D eigenvalue weighted by Gasteiger charge is -2.35. The van der Waals surface area contributed by atoms with E-state index in [2.05, 4.69) is 5.16 Å². The van der Waals surface area contributed by atoms with Crippen LogP contribution in [0.3, 0.4) is 0 Å². The first-order chi connectivity index (χ1) is 11.2. The molecule has 2 atom stereocenters. The summed E-state index contributed by atoms with van der Waals surface area (Å²) >= 11 is 0. The summed E-state index contributed by atoms with van der Waals surface area (Å²) in [6, 6.07) is -0.523. The Labute approximate surface area is 139 Å². The number of carbonyl (C=O) groups excluding carboxylic acids is 1. The Hall–Kier alpha value is -1.57. The van der Waals surface area contributed by atoms with Crippen LogP contribution in [-0.2, 0) is 9.53 Å². The van der Waals surface area contributed by atoms with Crippen LogP contribution in [0.15, 0.2) is 4.52 Å². The average Bonchev–Trinajstić information content (AvgIpc) is 2.83. The lowest BCUT2D eigenvalue weighted by molar-refractivity contribution is -0.170. The second kappa shape index (κ2) is 7.55. The van der Waals surface area contributed by atoms with Gasteiger partial charge in [0.25, 0.3) is 0 Å². The van der Waals surface area contributed by atoms with Gasteiger partial charge in [0.2, 0.25) is 5.91 Å². The van der Waals surface area contributed by atoms with Gasteiger partial charge in [-0.25, -0.2) is 0 Å². The van der Waals surface area contributed by atoms with Crippen molar-refractivity contribution in [1.82, 2.24) is 10.1 Å². The minimum atomic E-state index is -4.43. The smallest absolute Gasteiger partial charge is 0.379 e. The van der Waals surface area contributed by atoms with Crippen molar-refractivity contribution in [3.05, 3.63) is 17.0 Å². The fraction of sp³-hybridized carbons (Fsp3) is 0.750. The van der Waals surface area contributed by atoms with Gasteiger partial charge in [-0.05, 0) is 32.6 Å². The van der Waals surface area contributed by atoms with Crippen molar-refractivity contribution in [1.29, 1.82) is 0 Å². The number of alkyl halides is 3. The normalized spacial score (nSPS) is 20.0. The number of rotatable bonds is 5. The fourth-order valence-electron chi connectivity index (χ4n) is 3.26. The van der Waals surface area contributed by atoms with E-state index in [4.69, 9.17) is 9.26 Å². The van der Waals surface area contributed by atoms with Crippen LogP contribution in [0, 0.1) is 13.8 Å². The van der Waals surface area contributed by atoms with Gasteiger partial charge in [-0.3, -0.25) is 4.79 Å². The lowest BCUT2D eigenvalue weighted by atomic mass is 9.95. The van der Waals surface area contributed by atoms with Crippen LogP contribution in [0.1, 0.15) is 49.1 Å². The van der Waals surface area contributed by atoms with Gasteiger partial charge in [-0.1, -0.05) is 12.1 Å². The number of hydrogen-bond donors (Lipinski definition) is 0. The number of aryl methyl sites for hydroxylation is 2. The third-order valence-electron chi connectivity index (χ3n) is 4.31. The highest BCUT2D eigenvalue weighted by Gasteiger charge is 2.37. The van der Waals surface area contributed by atoms with E-state index in [0.29, 0.717) is 30.9 Å². The average molecular weight is 348 g/mol. The third-order valence-corrected chi connectivity index (χ3v) is 4.31. The van der Waals surface area contributed by atoms with Gasteiger partial charge >= 0.3 is 6.18 Å². The summed E-state index contributed by atoms with van der Waals surface area (Å²) in [5.74, 6) is -0.185. The fourth-order valence-corrected chi connectivity index (χ4v) is 3.26. The molecule has 1 fully saturated rings. The number of hydrogen-bond acceptors (Lipinski definition) is 4. The molecule has 1 aliphatic rings. The number of carbonyl (C=O) groups is 1. The van der Waals surface area contributed by atoms with E-state index in [1.807, 2.05) is 0 Å². The monoisotopic (exact) mass is 348 g/mol. The molecule has 1 saturated heterocycles. The number of ether oxygens (including phenoxy) is 1. The van der Waals surface area contributed by atoms with E-state index >= 15 is 0 Å². The molecule has 0 N–H and O–H groups in total. The number of aromatic nitrogens is 1. The maximum atomic E-state index is 12.9. The zero-order valence-electron chi connectivity index (χ0n) is 14.2. The van der Waals surface area contributed by atoms with E-state index in [-0.39, 0.29) is 18.9 Å². The summed E-state index contributed by atoms with van der Waals surface area (Å²) in [6.07, 6.45) is -3.26. The molecule has 1 amide bonds. The zero-order chi connectivity index (χ0) is 17.9. The molecule has 8 heteroatoms. The first kappa shape index (κ1) is 18.8. The van der Waals surface area contributed by atoms with Gasteiger partial charge < -0.3 is 14.2 Å². The Kier molecular flexibility index (Phi) is 5.90. The Morgan fingerprint density at radius 2 is 2.12 bits per heavy atom. The second-order valence-corrected chi connectivity index (χ2v) is 6.35. The quantitative estimate of drug-likeness (QED) is 0.819. The molecular weight excluding hydrogens is 325 g/mol. The molecule has 0 unspecified atom stereocenters.